The molecule has 0 saturated heterocycles. The van der Waals surface area contributed by atoms with E-state index < -0.39 is 23.1 Å². The van der Waals surface area contributed by atoms with Crippen molar-refractivity contribution in [3.63, 3.8) is 0 Å². The topological polar surface area (TPSA) is 79.3 Å². The number of nitriles is 1. The van der Waals surface area contributed by atoms with Crippen LogP contribution in [0.5, 0.6) is 0 Å². The van der Waals surface area contributed by atoms with Crippen molar-refractivity contribution >= 4 is 5.91 Å². The smallest absolute Gasteiger partial charge is 0.352 e. The molecule has 3 rings (SSSR count). The van der Waals surface area contributed by atoms with E-state index in [-0.39, 0.29) is 23.2 Å². The van der Waals surface area contributed by atoms with E-state index in [4.69, 9.17) is 5.26 Å². The van der Waals surface area contributed by atoms with Crippen LogP contribution in [0.2, 0.25) is 0 Å². The van der Waals surface area contributed by atoms with E-state index in [1.54, 1.807) is 35.8 Å². The number of pyridine rings is 1. The molecule has 2 aromatic carbocycles. The van der Waals surface area contributed by atoms with Gasteiger partial charge in [-0.15, -0.1) is 0 Å². The predicted octanol–water partition coefficient (Wildman–Crippen LogP) is 3.03. The maximum absolute atomic E-state index is 13.4. The van der Waals surface area contributed by atoms with Crippen LogP contribution < -0.4 is 15.6 Å². The first kappa shape index (κ1) is 26.7. The molecule has 1 aromatic heterocycles. The number of aromatic nitrogens is 1. The largest absolute Gasteiger partial charge is 0.416 e. The molecule has 9 heteroatoms. The highest BCUT2D eigenvalue weighted by atomic mass is 19.4. The van der Waals surface area contributed by atoms with E-state index >= 15 is 0 Å². The van der Waals surface area contributed by atoms with Gasteiger partial charge in [0.25, 0.3) is 5.91 Å². The Morgan fingerprint density at radius 1 is 1.14 bits per heavy atom. The van der Waals surface area contributed by atoms with Crippen LogP contribution in [0.15, 0.2) is 59.5 Å². The molecule has 0 saturated carbocycles. The van der Waals surface area contributed by atoms with Crippen molar-refractivity contribution in [1.82, 2.24) is 9.88 Å². The molecule has 0 fully saturated rings. The number of carbonyl (C=O) groups is 1. The van der Waals surface area contributed by atoms with E-state index in [2.05, 4.69) is 5.32 Å². The molecule has 0 spiro atoms. The van der Waals surface area contributed by atoms with Crippen LogP contribution in [0, 0.1) is 18.3 Å². The molecule has 0 bridgehead atoms. The van der Waals surface area contributed by atoms with E-state index in [1.165, 1.54) is 23.2 Å². The van der Waals surface area contributed by atoms with Crippen molar-refractivity contribution in [3.05, 3.63) is 92.9 Å². The lowest BCUT2D eigenvalue weighted by atomic mass is 9.98. The highest BCUT2D eigenvalue weighted by Gasteiger charge is 2.31. The molecule has 0 aliphatic heterocycles. The van der Waals surface area contributed by atoms with Gasteiger partial charge in [-0.1, -0.05) is 24.3 Å². The van der Waals surface area contributed by atoms with E-state index in [1.807, 2.05) is 20.2 Å². The number of benzene rings is 2. The second kappa shape index (κ2) is 11.2. The quantitative estimate of drug-likeness (QED) is 0.470. The first-order chi connectivity index (χ1) is 17.0. The maximum Gasteiger partial charge on any atom is 0.416 e. The summed E-state index contributed by atoms with van der Waals surface area (Å²) in [5.41, 5.74) is 0.204. The van der Waals surface area contributed by atoms with Gasteiger partial charge in [-0.25, -0.2) is 0 Å². The van der Waals surface area contributed by atoms with Crippen LogP contribution in [0.25, 0.3) is 11.1 Å². The summed E-state index contributed by atoms with van der Waals surface area (Å²) in [4.78, 5) is 27.6. The molecule has 6 nitrogen and oxygen atoms in total. The number of nitrogens with one attached hydrogen (secondary N) is 2. The van der Waals surface area contributed by atoms with E-state index in [9.17, 15) is 22.8 Å². The molecule has 36 heavy (non-hydrogen) atoms. The molecule has 0 aliphatic carbocycles. The Kier molecular flexibility index (Phi) is 8.33. The van der Waals surface area contributed by atoms with Gasteiger partial charge in [-0.05, 0) is 42.3 Å². The zero-order valence-corrected chi connectivity index (χ0v) is 20.4. The summed E-state index contributed by atoms with van der Waals surface area (Å²) in [6.45, 7) is 3.09. The Morgan fingerprint density at radius 3 is 2.44 bits per heavy atom. The fraction of sp³-hybridized carbons (Fsp3) is 0.296. The predicted molar refractivity (Wildman–Crippen MR) is 131 cm³/mol. The third-order valence-corrected chi connectivity index (χ3v) is 5.85. The number of halogens is 3. The van der Waals surface area contributed by atoms with Gasteiger partial charge in [-0.2, -0.15) is 18.4 Å². The van der Waals surface area contributed by atoms with Crippen molar-refractivity contribution in [1.29, 1.82) is 5.26 Å². The Hall–Kier alpha value is -3.90. The van der Waals surface area contributed by atoms with Crippen molar-refractivity contribution in [2.75, 3.05) is 27.2 Å². The summed E-state index contributed by atoms with van der Waals surface area (Å²) >= 11 is 0. The maximum atomic E-state index is 13.4. The van der Waals surface area contributed by atoms with Crippen LogP contribution in [0.3, 0.4) is 0 Å². The third-order valence-electron chi connectivity index (χ3n) is 5.85. The molecular formula is C27H28F3N4O2+. The summed E-state index contributed by atoms with van der Waals surface area (Å²) in [5.74, 6) is -0.574. The average molecular weight is 498 g/mol. The number of amides is 1. The van der Waals surface area contributed by atoms with Crippen LogP contribution in [0.4, 0.5) is 13.2 Å². The average Bonchev–Trinajstić information content (AvgIpc) is 2.83. The van der Waals surface area contributed by atoms with Gasteiger partial charge < -0.3 is 14.8 Å². The lowest BCUT2D eigenvalue weighted by molar-refractivity contribution is -0.858. The summed E-state index contributed by atoms with van der Waals surface area (Å²) in [7, 11) is 3.98. The summed E-state index contributed by atoms with van der Waals surface area (Å²) in [5, 5.41) is 11.8. The highest BCUT2D eigenvalue weighted by molar-refractivity contribution is 5.95. The fourth-order valence-corrected chi connectivity index (χ4v) is 3.89. The van der Waals surface area contributed by atoms with Crippen molar-refractivity contribution < 1.29 is 22.9 Å². The minimum absolute atomic E-state index is 0.0418. The van der Waals surface area contributed by atoms with Crippen LogP contribution >= 0.6 is 0 Å². The lowest BCUT2D eigenvalue weighted by Crippen LogP contribution is -3.05. The molecule has 0 radical (unpaired) electrons. The van der Waals surface area contributed by atoms with Gasteiger partial charge in [0.1, 0.15) is 5.56 Å². The molecule has 0 aliphatic rings. The molecule has 0 atom stereocenters. The van der Waals surface area contributed by atoms with Gasteiger partial charge in [0.05, 0.1) is 37.8 Å². The lowest BCUT2D eigenvalue weighted by Gasteiger charge is -2.18. The minimum Gasteiger partial charge on any atom is -0.352 e. The number of carbonyl (C=O) groups excluding carboxylic acids is 1. The zero-order valence-electron chi connectivity index (χ0n) is 20.4. The third kappa shape index (κ3) is 6.40. The fourth-order valence-electron chi connectivity index (χ4n) is 3.89. The first-order valence-corrected chi connectivity index (χ1v) is 11.5. The number of rotatable bonds is 8. The highest BCUT2D eigenvalue weighted by Crippen LogP contribution is 2.32. The van der Waals surface area contributed by atoms with Crippen LogP contribution in [-0.2, 0) is 12.7 Å². The summed E-state index contributed by atoms with van der Waals surface area (Å²) in [6.07, 6.45) is -2.42. The molecule has 1 amide bonds. The van der Waals surface area contributed by atoms with Gasteiger partial charge >= 0.3 is 6.18 Å². The SMILES string of the molecule is Cc1c(-c2cccc(C(F)(F)F)c2)c(=O)c(C(=O)NCCC[NH+](C)C)cn1Cc1ccc(C#N)cc1. The molecule has 3 aromatic rings. The Balaban J connectivity index is 2.09. The standard InChI is InChI=1S/C27H27F3N4O2/c1-18-24(21-6-4-7-22(14-21)27(28,29)30)25(35)23(26(36)32-12-5-13-33(2)3)17-34(18)16-20-10-8-19(15-31)9-11-20/h4,6-11,14,17H,5,12-13,16H2,1-3H3,(H,32,36)/p+1. The second-order valence-corrected chi connectivity index (χ2v) is 8.91. The first-order valence-electron chi connectivity index (χ1n) is 11.5. The normalized spacial score (nSPS) is 11.4. The minimum atomic E-state index is -4.57. The number of quaternary nitrogens is 1. The number of nitrogens with zero attached hydrogens (tertiary/aromatic N) is 2. The van der Waals surface area contributed by atoms with Gasteiger partial charge in [-0.3, -0.25) is 9.59 Å². The molecular weight excluding hydrogens is 469 g/mol. The van der Waals surface area contributed by atoms with E-state index in [0.717, 1.165) is 24.2 Å². The van der Waals surface area contributed by atoms with Gasteiger partial charge in [0, 0.05) is 37.0 Å². The zero-order chi connectivity index (χ0) is 26.5. The monoisotopic (exact) mass is 497 g/mol. The summed E-state index contributed by atoms with van der Waals surface area (Å²) in [6, 6.07) is 13.4. The summed E-state index contributed by atoms with van der Waals surface area (Å²) < 4.78 is 41.8. The number of hydrogen-bond donors (Lipinski definition) is 2. The molecule has 2 N–H and O–H groups in total. The van der Waals surface area contributed by atoms with Crippen molar-refractivity contribution in [2.45, 2.75) is 26.1 Å². The molecule has 188 valence electrons. The Morgan fingerprint density at radius 2 is 1.83 bits per heavy atom. The van der Waals surface area contributed by atoms with Crippen molar-refractivity contribution in [3.8, 4) is 17.2 Å². The van der Waals surface area contributed by atoms with Gasteiger partial charge in [0.2, 0.25) is 5.43 Å². The van der Waals surface area contributed by atoms with E-state index in [0.29, 0.717) is 24.2 Å². The number of hydrogen-bond acceptors (Lipinski definition) is 3. The number of alkyl halides is 3. The molecule has 1 heterocycles. The molecule has 0 unspecified atom stereocenters. The Bertz CT molecular complexity index is 1340. The van der Waals surface area contributed by atoms with Crippen LogP contribution in [-0.4, -0.2) is 37.7 Å². The van der Waals surface area contributed by atoms with Gasteiger partial charge in [0.15, 0.2) is 0 Å². The van der Waals surface area contributed by atoms with Crippen molar-refractivity contribution in [2.24, 2.45) is 0 Å². The second-order valence-electron chi connectivity index (χ2n) is 8.91. The Labute approximate surface area is 207 Å². The van der Waals surface area contributed by atoms with Crippen LogP contribution in [0.1, 0.15) is 39.2 Å².